The highest BCUT2D eigenvalue weighted by Gasteiger charge is 2.45. The zero-order valence-corrected chi connectivity index (χ0v) is 35.1. The van der Waals surface area contributed by atoms with Crippen LogP contribution in [0.1, 0.15) is 92.2 Å². The van der Waals surface area contributed by atoms with Gasteiger partial charge in [-0.15, -0.1) is 0 Å². The highest BCUT2D eigenvalue weighted by Crippen LogP contribution is 2.40. The summed E-state index contributed by atoms with van der Waals surface area (Å²) in [4.78, 5) is 77.0. The van der Waals surface area contributed by atoms with Gasteiger partial charge in [0.05, 0.1) is 35.2 Å². The monoisotopic (exact) mass is 867 g/mol. The summed E-state index contributed by atoms with van der Waals surface area (Å²) in [5.74, 6) is -1.86. The zero-order chi connectivity index (χ0) is 44.6. The van der Waals surface area contributed by atoms with Gasteiger partial charge < -0.3 is 30.5 Å². The van der Waals surface area contributed by atoms with Crippen LogP contribution in [0.15, 0.2) is 60.8 Å². The Bertz CT molecular complexity index is 2470. The van der Waals surface area contributed by atoms with E-state index in [1.807, 2.05) is 25.1 Å². The van der Waals surface area contributed by atoms with Crippen LogP contribution in [0.3, 0.4) is 0 Å². The maximum atomic E-state index is 14.1. The second-order valence-electron chi connectivity index (χ2n) is 16.4. The maximum Gasteiger partial charge on any atom is 0.421 e. The average molecular weight is 868 g/mol. The number of anilines is 5. The van der Waals surface area contributed by atoms with Gasteiger partial charge in [0.1, 0.15) is 23.2 Å². The molecule has 5 heterocycles. The van der Waals surface area contributed by atoms with Crippen LogP contribution in [0.2, 0.25) is 0 Å². The molecular weight excluding hydrogens is 820 g/mol. The maximum absolute atomic E-state index is 14.1. The summed E-state index contributed by atoms with van der Waals surface area (Å²) in [7, 11) is 2.97. The number of methoxy groups -OCH3 is 1. The lowest BCUT2D eigenvalue weighted by molar-refractivity contribution is -0.138. The van der Waals surface area contributed by atoms with Crippen LogP contribution in [0.4, 0.5) is 42.0 Å². The lowest BCUT2D eigenvalue weighted by atomic mass is 9.85. The third kappa shape index (κ3) is 8.89. The number of aromatic nitrogens is 2. The number of rotatable bonds is 11. The van der Waals surface area contributed by atoms with Crippen molar-refractivity contribution >= 4 is 58.4 Å². The van der Waals surface area contributed by atoms with E-state index in [2.05, 4.69) is 41.0 Å². The Kier molecular flexibility index (Phi) is 12.1. The summed E-state index contributed by atoms with van der Waals surface area (Å²) in [6, 6.07) is 14.4. The summed E-state index contributed by atoms with van der Waals surface area (Å²) < 4.78 is 48.0. The van der Waals surface area contributed by atoms with Crippen LogP contribution in [-0.2, 0) is 15.8 Å². The molecule has 0 bridgehead atoms. The number of nitrogens with zero attached hydrogens (tertiary/aromatic N) is 5. The molecule has 5 amide bonds. The molecule has 8 rings (SSSR count). The first kappa shape index (κ1) is 43.1. The molecule has 4 aromatic rings. The number of para-hydroxylation sites is 1. The van der Waals surface area contributed by atoms with Crippen LogP contribution >= 0.6 is 0 Å². The standard InChI is InChI=1S/C45H48F3N9O6/c1-25-20-35(52-44-50-23-33(45(46,47)48)39(54-44)51-34-7-5-4-6-30(34)40(59)49-2)37(63-3)22-31(25)27-14-16-55(17-15-27)24-26-12-18-56(19-13-26)28-8-9-29-32(21-28)43(62)57(42(29)61)36-10-11-38(58)53-41(36)60/h4-9,20-23,26-27,36H,10-19,24H2,1-3H3,(H,49,59)(H,53,58,60)(H2,50,51,52,54). The Morgan fingerprint density at radius 2 is 1.62 bits per heavy atom. The predicted molar refractivity (Wildman–Crippen MR) is 228 cm³/mol. The first-order chi connectivity index (χ1) is 30.2. The first-order valence-corrected chi connectivity index (χ1v) is 21.0. The highest BCUT2D eigenvalue weighted by molar-refractivity contribution is 6.23. The number of hydrogen-bond acceptors (Lipinski definition) is 12. The average Bonchev–Trinajstić information content (AvgIpc) is 3.51. The van der Waals surface area contributed by atoms with Crippen molar-refractivity contribution in [1.82, 2.24) is 30.4 Å². The number of likely N-dealkylation sites (tertiary alicyclic amines) is 1. The lowest BCUT2D eigenvalue weighted by Crippen LogP contribution is -2.54. The van der Waals surface area contributed by atoms with Gasteiger partial charge in [-0.05, 0) is 118 Å². The molecule has 18 heteroatoms. The van der Waals surface area contributed by atoms with E-state index >= 15 is 0 Å². The summed E-state index contributed by atoms with van der Waals surface area (Å²) in [5, 5.41) is 10.5. The van der Waals surface area contributed by atoms with Crippen LogP contribution in [0, 0.1) is 12.8 Å². The minimum Gasteiger partial charge on any atom is -0.495 e. The molecule has 3 aromatic carbocycles. The fourth-order valence-electron chi connectivity index (χ4n) is 9.15. The number of fused-ring (bicyclic) bond motifs is 1. The van der Waals surface area contributed by atoms with Gasteiger partial charge in [-0.25, -0.2) is 4.98 Å². The molecule has 4 aliphatic heterocycles. The molecule has 3 fully saturated rings. The largest absolute Gasteiger partial charge is 0.495 e. The molecule has 63 heavy (non-hydrogen) atoms. The van der Waals surface area contributed by atoms with Crippen molar-refractivity contribution in [2.45, 2.75) is 63.6 Å². The second kappa shape index (κ2) is 17.7. The number of benzene rings is 3. The molecule has 1 unspecified atom stereocenters. The van der Waals surface area contributed by atoms with Crippen LogP contribution < -0.4 is 30.9 Å². The van der Waals surface area contributed by atoms with Gasteiger partial charge in [0.2, 0.25) is 17.8 Å². The van der Waals surface area contributed by atoms with E-state index in [1.54, 1.807) is 24.3 Å². The quantitative estimate of drug-likeness (QED) is 0.127. The SMILES string of the molecule is CNC(=O)c1ccccc1Nc1nc(Nc2cc(C)c(C3CCN(CC4CCN(c5ccc6c(c5)C(=O)N(C5CCC(=O)NC5=O)C6=O)CC4)CC3)cc2OC)ncc1C(F)(F)F. The number of piperidine rings is 3. The van der Waals surface area contributed by atoms with Crippen molar-refractivity contribution in [2.75, 3.05) is 62.4 Å². The number of nitrogens with one attached hydrogen (secondary N) is 4. The fraction of sp³-hybridized carbons (Fsp3) is 0.400. The Morgan fingerprint density at radius 3 is 2.32 bits per heavy atom. The van der Waals surface area contributed by atoms with Gasteiger partial charge in [-0.3, -0.25) is 34.2 Å². The van der Waals surface area contributed by atoms with E-state index in [0.717, 1.165) is 80.1 Å². The van der Waals surface area contributed by atoms with Gasteiger partial charge in [0.25, 0.3) is 17.7 Å². The molecule has 330 valence electrons. The third-order valence-corrected chi connectivity index (χ3v) is 12.5. The highest BCUT2D eigenvalue weighted by atomic mass is 19.4. The number of hydrogen-bond donors (Lipinski definition) is 4. The number of carbonyl (C=O) groups is 5. The van der Waals surface area contributed by atoms with E-state index in [1.165, 1.54) is 26.3 Å². The van der Waals surface area contributed by atoms with Crippen molar-refractivity contribution in [3.8, 4) is 5.75 Å². The van der Waals surface area contributed by atoms with Gasteiger partial charge in [0, 0.05) is 45.0 Å². The fourth-order valence-corrected chi connectivity index (χ4v) is 9.15. The number of amides is 5. The molecule has 0 spiro atoms. The van der Waals surface area contributed by atoms with Gasteiger partial charge in [-0.2, -0.15) is 18.2 Å². The number of ether oxygens (including phenoxy) is 1. The minimum absolute atomic E-state index is 0.0701. The minimum atomic E-state index is -4.77. The zero-order valence-electron chi connectivity index (χ0n) is 35.1. The topological polar surface area (TPSA) is 178 Å². The van der Waals surface area contributed by atoms with E-state index in [9.17, 15) is 37.1 Å². The Balaban J connectivity index is 0.866. The molecule has 3 saturated heterocycles. The van der Waals surface area contributed by atoms with Crippen LogP contribution in [0.25, 0.3) is 0 Å². The van der Waals surface area contributed by atoms with E-state index in [0.29, 0.717) is 23.6 Å². The number of halogens is 3. The van der Waals surface area contributed by atoms with Gasteiger partial charge >= 0.3 is 6.18 Å². The van der Waals surface area contributed by atoms with Crippen molar-refractivity contribution in [3.63, 3.8) is 0 Å². The molecule has 0 radical (unpaired) electrons. The van der Waals surface area contributed by atoms with E-state index in [4.69, 9.17) is 4.74 Å². The third-order valence-electron chi connectivity index (χ3n) is 12.5. The Morgan fingerprint density at radius 1 is 0.889 bits per heavy atom. The molecule has 1 atom stereocenters. The summed E-state index contributed by atoms with van der Waals surface area (Å²) in [5.41, 5.74) is 3.25. The molecule has 1 aromatic heterocycles. The second-order valence-corrected chi connectivity index (χ2v) is 16.4. The Labute approximate surface area is 361 Å². The lowest BCUT2D eigenvalue weighted by Gasteiger charge is -2.38. The summed E-state index contributed by atoms with van der Waals surface area (Å²) in [6.45, 7) is 6.44. The van der Waals surface area contributed by atoms with Gasteiger partial charge in [0.15, 0.2) is 0 Å². The molecule has 4 aliphatic rings. The van der Waals surface area contributed by atoms with Crippen molar-refractivity contribution in [1.29, 1.82) is 0 Å². The molecule has 0 saturated carbocycles. The molecular formula is C45H48F3N9O6. The van der Waals surface area contributed by atoms with Crippen LogP contribution in [0.5, 0.6) is 5.75 Å². The van der Waals surface area contributed by atoms with Crippen molar-refractivity contribution in [2.24, 2.45) is 5.92 Å². The molecule has 0 aliphatic carbocycles. The normalized spacial score (nSPS) is 18.9. The first-order valence-electron chi connectivity index (χ1n) is 21.0. The van der Waals surface area contributed by atoms with Crippen molar-refractivity contribution < 1.29 is 41.9 Å². The molecule has 15 nitrogen and oxygen atoms in total. The summed E-state index contributed by atoms with van der Waals surface area (Å²) >= 11 is 0. The predicted octanol–water partition coefficient (Wildman–Crippen LogP) is 6.16. The number of carbonyl (C=O) groups excluding carboxylic acids is 5. The molecule has 4 N–H and O–H groups in total. The number of aryl methyl sites for hydroxylation is 1. The van der Waals surface area contributed by atoms with Crippen molar-refractivity contribution in [3.05, 3.63) is 94.2 Å². The van der Waals surface area contributed by atoms with E-state index < -0.39 is 53.1 Å². The summed E-state index contributed by atoms with van der Waals surface area (Å²) in [6.07, 6.45) is -0.0435. The Hall–Kier alpha value is -6.56. The smallest absolute Gasteiger partial charge is 0.421 e. The number of imide groups is 2. The number of alkyl halides is 3. The van der Waals surface area contributed by atoms with Gasteiger partial charge in [-0.1, -0.05) is 12.1 Å². The van der Waals surface area contributed by atoms with E-state index in [-0.39, 0.29) is 47.1 Å². The van der Waals surface area contributed by atoms with Crippen LogP contribution in [-0.4, -0.2) is 102 Å².